The van der Waals surface area contributed by atoms with E-state index < -0.39 is 28.6 Å². The predicted molar refractivity (Wildman–Crippen MR) is 142 cm³/mol. The molecule has 39 heavy (non-hydrogen) atoms. The summed E-state index contributed by atoms with van der Waals surface area (Å²) in [6.45, 7) is 0.184. The Labute approximate surface area is 234 Å². The van der Waals surface area contributed by atoms with Gasteiger partial charge < -0.3 is 15.4 Å². The molecule has 4 rings (SSSR count). The average molecular weight is 600 g/mol. The molecule has 0 aliphatic carbocycles. The first-order chi connectivity index (χ1) is 18.5. The summed E-state index contributed by atoms with van der Waals surface area (Å²) in [4.78, 5) is 20.7. The number of carbonyl (C=O) groups is 1. The van der Waals surface area contributed by atoms with Crippen LogP contribution in [-0.4, -0.2) is 22.6 Å². The number of amides is 2. The predicted octanol–water partition coefficient (Wildman–Crippen LogP) is 8.53. The van der Waals surface area contributed by atoms with Crippen LogP contribution in [-0.2, 0) is 12.6 Å². The summed E-state index contributed by atoms with van der Waals surface area (Å²) in [5.74, 6) is 0.267. The van der Waals surface area contributed by atoms with Crippen molar-refractivity contribution in [2.75, 3.05) is 17.2 Å². The fourth-order valence-corrected chi connectivity index (χ4v) is 4.23. The van der Waals surface area contributed by atoms with Gasteiger partial charge in [0.15, 0.2) is 5.82 Å². The maximum Gasteiger partial charge on any atom is 0.417 e. The maximum absolute atomic E-state index is 13.7. The molecule has 0 aliphatic heterocycles. The molecule has 0 aliphatic rings. The average Bonchev–Trinajstić information content (AvgIpc) is 2.89. The Morgan fingerprint density at radius 3 is 2.31 bits per heavy atom. The zero-order chi connectivity index (χ0) is 28.2. The van der Waals surface area contributed by atoms with Gasteiger partial charge in [-0.1, -0.05) is 46.9 Å². The number of halogens is 7. The van der Waals surface area contributed by atoms with E-state index in [1.807, 2.05) is 0 Å². The Morgan fingerprint density at radius 2 is 1.59 bits per heavy atom. The lowest BCUT2D eigenvalue weighted by Gasteiger charge is -2.12. The van der Waals surface area contributed by atoms with Crippen LogP contribution >= 0.6 is 34.8 Å². The summed E-state index contributed by atoms with van der Waals surface area (Å²) < 4.78 is 58.5. The molecule has 0 bridgehead atoms. The third kappa shape index (κ3) is 7.29. The van der Waals surface area contributed by atoms with E-state index in [1.54, 1.807) is 24.3 Å². The number of ether oxygens (including phenoxy) is 1. The Morgan fingerprint density at radius 1 is 0.897 bits per heavy atom. The highest BCUT2D eigenvalue weighted by Gasteiger charge is 2.33. The second-order valence-corrected chi connectivity index (χ2v) is 9.21. The quantitative estimate of drug-likeness (QED) is 0.165. The molecule has 13 heteroatoms. The number of hydrogen-bond acceptors (Lipinski definition) is 4. The molecule has 3 aromatic carbocycles. The molecule has 0 unspecified atom stereocenters. The Hall–Kier alpha value is -3.60. The zero-order valence-corrected chi connectivity index (χ0v) is 21.9. The summed E-state index contributed by atoms with van der Waals surface area (Å²) in [6, 6.07) is 11.8. The van der Waals surface area contributed by atoms with Crippen molar-refractivity contribution in [1.82, 2.24) is 9.97 Å². The highest BCUT2D eigenvalue weighted by atomic mass is 35.5. The first-order valence-electron chi connectivity index (χ1n) is 11.1. The van der Waals surface area contributed by atoms with Crippen molar-refractivity contribution in [3.63, 3.8) is 0 Å². The van der Waals surface area contributed by atoms with Crippen molar-refractivity contribution in [3.05, 3.63) is 99.0 Å². The van der Waals surface area contributed by atoms with Crippen LogP contribution in [0.3, 0.4) is 0 Å². The first-order valence-corrected chi connectivity index (χ1v) is 12.3. The second-order valence-electron chi connectivity index (χ2n) is 8.01. The van der Waals surface area contributed by atoms with Crippen LogP contribution in [0.2, 0.25) is 15.1 Å². The van der Waals surface area contributed by atoms with E-state index >= 15 is 0 Å². The van der Waals surface area contributed by atoms with E-state index in [2.05, 4.69) is 20.6 Å². The van der Waals surface area contributed by atoms with Gasteiger partial charge in [-0.25, -0.2) is 19.2 Å². The molecule has 2 amide bonds. The zero-order valence-electron chi connectivity index (χ0n) is 19.6. The maximum atomic E-state index is 13.7. The van der Waals surface area contributed by atoms with Gasteiger partial charge in [-0.05, 0) is 48.0 Å². The Bertz CT molecular complexity index is 1500. The van der Waals surface area contributed by atoms with Crippen LogP contribution in [0.15, 0.2) is 67.0 Å². The minimum Gasteiger partial charge on any atom is -0.493 e. The van der Waals surface area contributed by atoms with Crippen molar-refractivity contribution in [2.24, 2.45) is 0 Å². The first kappa shape index (κ1) is 28.4. The third-order valence-corrected chi connectivity index (χ3v) is 6.38. The molecule has 4 aromatic rings. The van der Waals surface area contributed by atoms with Crippen molar-refractivity contribution in [1.29, 1.82) is 0 Å². The number of hydrogen-bond donors (Lipinski definition) is 2. The summed E-state index contributed by atoms with van der Waals surface area (Å²) in [7, 11) is 0. The standard InChI is InChI=1S/C26H17Cl3F4N4O2/c27-20-6-7-22(30)23(29)18(20)8-9-39-17-3-1-2-14(10-17)24-34-12-16(13-35-24)37-25(38)36-15-4-5-21(28)19(11-15)26(31,32)33/h1-7,10-13H,8-9H2,(H2,36,37,38). The molecule has 0 saturated heterocycles. The van der Waals surface area contributed by atoms with Crippen LogP contribution in [0.25, 0.3) is 11.4 Å². The minimum atomic E-state index is -4.67. The van der Waals surface area contributed by atoms with Gasteiger partial charge in [0.1, 0.15) is 11.6 Å². The van der Waals surface area contributed by atoms with Gasteiger partial charge >= 0.3 is 12.2 Å². The normalized spacial score (nSPS) is 11.3. The second kappa shape index (κ2) is 12.1. The van der Waals surface area contributed by atoms with Crippen LogP contribution in [0.4, 0.5) is 33.7 Å². The van der Waals surface area contributed by atoms with Crippen LogP contribution in [0.5, 0.6) is 5.75 Å². The van der Waals surface area contributed by atoms with E-state index in [0.29, 0.717) is 27.7 Å². The summed E-state index contributed by atoms with van der Waals surface area (Å²) in [5.41, 5.74) is 0.105. The molecule has 0 saturated carbocycles. The number of benzene rings is 3. The number of carbonyl (C=O) groups excluding carboxylic acids is 1. The van der Waals surface area contributed by atoms with Gasteiger partial charge in [-0.15, -0.1) is 0 Å². The monoisotopic (exact) mass is 598 g/mol. The van der Waals surface area contributed by atoms with Crippen LogP contribution < -0.4 is 15.4 Å². The van der Waals surface area contributed by atoms with Crippen molar-refractivity contribution in [3.8, 4) is 17.1 Å². The number of nitrogens with one attached hydrogen (secondary N) is 2. The number of urea groups is 1. The highest BCUT2D eigenvalue weighted by Crippen LogP contribution is 2.36. The van der Waals surface area contributed by atoms with Crippen molar-refractivity contribution >= 4 is 52.2 Å². The molecule has 0 atom stereocenters. The molecule has 0 fully saturated rings. The topological polar surface area (TPSA) is 76.1 Å². The lowest BCUT2D eigenvalue weighted by atomic mass is 10.1. The van der Waals surface area contributed by atoms with Gasteiger partial charge in [0.05, 0.1) is 40.3 Å². The van der Waals surface area contributed by atoms with Gasteiger partial charge in [-0.3, -0.25) is 0 Å². The van der Waals surface area contributed by atoms with E-state index in [4.69, 9.17) is 39.5 Å². The number of aromatic nitrogens is 2. The van der Waals surface area contributed by atoms with Crippen molar-refractivity contribution in [2.45, 2.75) is 12.6 Å². The molecule has 202 valence electrons. The molecular formula is C26H17Cl3F4N4O2. The van der Waals surface area contributed by atoms with Gasteiger partial charge in [0, 0.05) is 22.7 Å². The lowest BCUT2D eigenvalue weighted by molar-refractivity contribution is -0.137. The fourth-order valence-electron chi connectivity index (χ4n) is 3.45. The molecular weight excluding hydrogens is 583 g/mol. The third-order valence-electron chi connectivity index (χ3n) is 5.29. The van der Waals surface area contributed by atoms with Gasteiger partial charge in [0.2, 0.25) is 0 Å². The largest absolute Gasteiger partial charge is 0.493 e. The van der Waals surface area contributed by atoms with E-state index in [-0.39, 0.29) is 29.4 Å². The molecule has 1 heterocycles. The van der Waals surface area contributed by atoms with E-state index in [1.165, 1.54) is 30.6 Å². The number of alkyl halides is 3. The van der Waals surface area contributed by atoms with E-state index in [9.17, 15) is 22.4 Å². The van der Waals surface area contributed by atoms with Crippen molar-refractivity contribution < 1.29 is 27.1 Å². The smallest absolute Gasteiger partial charge is 0.417 e. The molecule has 0 spiro atoms. The number of anilines is 2. The Kier molecular flexibility index (Phi) is 8.79. The number of nitrogens with zero attached hydrogens (tertiary/aromatic N) is 2. The van der Waals surface area contributed by atoms with Crippen LogP contribution in [0.1, 0.15) is 11.1 Å². The van der Waals surface area contributed by atoms with Crippen LogP contribution in [0, 0.1) is 5.82 Å². The molecule has 0 radical (unpaired) electrons. The number of rotatable bonds is 7. The minimum absolute atomic E-state index is 0.0464. The van der Waals surface area contributed by atoms with E-state index in [0.717, 1.165) is 12.1 Å². The highest BCUT2D eigenvalue weighted by molar-refractivity contribution is 6.36. The van der Waals surface area contributed by atoms with Gasteiger partial charge in [0.25, 0.3) is 0 Å². The Balaban J connectivity index is 1.36. The summed E-state index contributed by atoms with van der Waals surface area (Å²) in [5, 5.41) is 4.57. The van der Waals surface area contributed by atoms with Gasteiger partial charge in [-0.2, -0.15) is 13.2 Å². The summed E-state index contributed by atoms with van der Waals surface area (Å²) >= 11 is 17.7. The lowest BCUT2D eigenvalue weighted by Crippen LogP contribution is -2.20. The molecule has 6 nitrogen and oxygen atoms in total. The summed E-state index contributed by atoms with van der Waals surface area (Å²) in [6.07, 6.45) is -1.70. The SMILES string of the molecule is O=C(Nc1cnc(-c2cccc(OCCc3c(Cl)ccc(F)c3Cl)c2)nc1)Nc1ccc(Cl)c(C(F)(F)F)c1. The molecule has 1 aromatic heterocycles. The fraction of sp³-hybridized carbons (Fsp3) is 0.115. The molecule has 2 N–H and O–H groups in total.